The molecule has 0 fully saturated rings. The highest BCUT2D eigenvalue weighted by Gasteiger charge is 2.33. The first kappa shape index (κ1) is 33.3. The Morgan fingerprint density at radius 1 is 0.821 bits per heavy atom. The van der Waals surface area contributed by atoms with Crippen LogP contribution in [0.3, 0.4) is 0 Å². The Morgan fingerprint density at radius 3 is 1.85 bits per heavy atom. The van der Waals surface area contributed by atoms with E-state index in [0.29, 0.717) is 5.56 Å². The van der Waals surface area contributed by atoms with Crippen LogP contribution in [0.15, 0.2) is 24.3 Å². The lowest BCUT2D eigenvalue weighted by molar-refractivity contribution is -0.142. The number of aromatic hydroxyl groups is 1. The second kappa shape index (κ2) is 15.6. The predicted molar refractivity (Wildman–Crippen MR) is 139 cm³/mol. The van der Waals surface area contributed by atoms with E-state index in [1.165, 1.54) is 38.1 Å². The first-order valence-electron chi connectivity index (χ1n) is 12.4. The number of carboxylic acids is 1. The third-order valence-corrected chi connectivity index (χ3v) is 5.67. The molecule has 1 aromatic carbocycles. The Balaban J connectivity index is 3.13. The van der Waals surface area contributed by atoms with Crippen LogP contribution in [-0.2, 0) is 30.4 Å². The number of carboxylic acid groups (broad SMARTS) is 1. The summed E-state index contributed by atoms with van der Waals surface area (Å²) in [6.45, 7) is 5.39. The molecule has 0 saturated heterocycles. The number of amides is 4. The molecule has 4 amide bonds. The van der Waals surface area contributed by atoms with Gasteiger partial charge in [0.2, 0.25) is 23.6 Å². The summed E-state index contributed by atoms with van der Waals surface area (Å²) >= 11 is 0. The van der Waals surface area contributed by atoms with E-state index in [-0.39, 0.29) is 24.5 Å². The van der Waals surface area contributed by atoms with Gasteiger partial charge in [-0.3, -0.25) is 24.0 Å². The standard InChI is InChI=1S/C25H39N5O9/c1-12(2)9-18(22(35)27-13(3)25(38)39)29-24(37)20(14(4)32)30-23(36)19(28-21(34)17(26)11-31)10-15-5-7-16(33)8-6-15/h5-8,12-14,17-20,31-33H,9-11,26H2,1-4H3,(H,27,35)(H,28,34)(H,29,37)(H,30,36)(H,38,39)/t13-,14+,17-,18-,19-,20-/m0/s1. The fourth-order valence-corrected chi connectivity index (χ4v) is 3.44. The van der Waals surface area contributed by atoms with Crippen LogP contribution in [0.4, 0.5) is 0 Å². The van der Waals surface area contributed by atoms with E-state index in [9.17, 15) is 39.3 Å². The highest BCUT2D eigenvalue weighted by molar-refractivity contribution is 5.95. The van der Waals surface area contributed by atoms with Gasteiger partial charge in [0.1, 0.15) is 36.0 Å². The van der Waals surface area contributed by atoms with Crippen molar-refractivity contribution in [2.75, 3.05) is 6.61 Å². The van der Waals surface area contributed by atoms with E-state index < -0.39 is 72.5 Å². The minimum atomic E-state index is -1.55. The Morgan fingerprint density at radius 2 is 1.36 bits per heavy atom. The molecule has 0 unspecified atom stereocenters. The molecule has 6 atom stereocenters. The average molecular weight is 554 g/mol. The van der Waals surface area contributed by atoms with Crippen molar-refractivity contribution in [1.82, 2.24) is 21.3 Å². The van der Waals surface area contributed by atoms with E-state index in [1.807, 2.05) is 0 Å². The van der Waals surface area contributed by atoms with Gasteiger partial charge in [0, 0.05) is 6.42 Å². The number of nitrogens with two attached hydrogens (primary N) is 1. The minimum Gasteiger partial charge on any atom is -0.508 e. The largest absolute Gasteiger partial charge is 0.508 e. The third kappa shape index (κ3) is 11.3. The van der Waals surface area contributed by atoms with E-state index in [1.54, 1.807) is 13.8 Å². The molecule has 0 aliphatic rings. The molecular weight excluding hydrogens is 514 g/mol. The molecule has 0 heterocycles. The van der Waals surface area contributed by atoms with Crippen molar-refractivity contribution in [2.24, 2.45) is 11.7 Å². The smallest absolute Gasteiger partial charge is 0.325 e. The number of aliphatic hydroxyl groups is 2. The number of carbonyl (C=O) groups excluding carboxylic acids is 4. The maximum Gasteiger partial charge on any atom is 0.325 e. The average Bonchev–Trinajstić information content (AvgIpc) is 2.86. The molecule has 0 aliphatic carbocycles. The molecule has 0 bridgehead atoms. The lowest BCUT2D eigenvalue weighted by Gasteiger charge is -2.28. The number of rotatable bonds is 15. The quantitative estimate of drug-likeness (QED) is 0.113. The molecule has 218 valence electrons. The SMILES string of the molecule is CC(C)C[C@H](NC(=O)[C@@H](NC(=O)[C@H](Cc1ccc(O)cc1)NC(=O)[C@@H](N)CO)[C@@H](C)O)C(=O)N[C@@H](C)C(=O)O. The predicted octanol–water partition coefficient (Wildman–Crippen LogP) is -2.28. The van der Waals surface area contributed by atoms with Gasteiger partial charge in [0.25, 0.3) is 0 Å². The maximum atomic E-state index is 13.2. The van der Waals surface area contributed by atoms with Crippen LogP contribution in [0.25, 0.3) is 0 Å². The molecular formula is C25H39N5O9. The van der Waals surface area contributed by atoms with Crippen LogP contribution in [0.5, 0.6) is 5.75 Å². The topological polar surface area (TPSA) is 240 Å². The summed E-state index contributed by atoms with van der Waals surface area (Å²) in [6.07, 6.45) is -1.38. The van der Waals surface area contributed by atoms with Crippen LogP contribution in [0, 0.1) is 5.92 Å². The summed E-state index contributed by atoms with van der Waals surface area (Å²) in [5, 5.41) is 47.5. The number of phenols is 1. The fourth-order valence-electron chi connectivity index (χ4n) is 3.44. The zero-order chi connectivity index (χ0) is 29.9. The van der Waals surface area contributed by atoms with Crippen molar-refractivity contribution in [1.29, 1.82) is 0 Å². The highest BCUT2D eigenvalue weighted by atomic mass is 16.4. The van der Waals surface area contributed by atoms with E-state index >= 15 is 0 Å². The summed E-state index contributed by atoms with van der Waals surface area (Å²) in [6, 6.07) is -0.758. The van der Waals surface area contributed by atoms with Crippen LogP contribution in [0.1, 0.15) is 39.7 Å². The van der Waals surface area contributed by atoms with Crippen LogP contribution in [-0.4, -0.2) is 92.9 Å². The van der Waals surface area contributed by atoms with Crippen molar-refractivity contribution < 1.29 is 44.4 Å². The Labute approximate surface area is 226 Å². The molecule has 14 heteroatoms. The van der Waals surface area contributed by atoms with Gasteiger partial charge in [-0.2, -0.15) is 0 Å². The number of carbonyl (C=O) groups is 5. The number of benzene rings is 1. The monoisotopic (exact) mass is 553 g/mol. The summed E-state index contributed by atoms with van der Waals surface area (Å²) < 4.78 is 0. The number of aliphatic carboxylic acids is 1. The molecule has 0 spiro atoms. The Hall–Kier alpha value is -3.75. The molecule has 0 aliphatic heterocycles. The van der Waals surface area contributed by atoms with Gasteiger partial charge in [-0.1, -0.05) is 26.0 Å². The van der Waals surface area contributed by atoms with Gasteiger partial charge in [-0.25, -0.2) is 0 Å². The Kier molecular flexibility index (Phi) is 13.3. The zero-order valence-corrected chi connectivity index (χ0v) is 22.4. The zero-order valence-electron chi connectivity index (χ0n) is 22.4. The van der Waals surface area contributed by atoms with Crippen LogP contribution < -0.4 is 27.0 Å². The lowest BCUT2D eigenvalue weighted by atomic mass is 10.0. The first-order chi connectivity index (χ1) is 18.2. The first-order valence-corrected chi connectivity index (χ1v) is 12.4. The normalized spacial score (nSPS) is 15.7. The molecule has 39 heavy (non-hydrogen) atoms. The summed E-state index contributed by atoms with van der Waals surface area (Å²) in [5.41, 5.74) is 6.08. The summed E-state index contributed by atoms with van der Waals surface area (Å²) in [5.74, 6) is -4.74. The summed E-state index contributed by atoms with van der Waals surface area (Å²) in [4.78, 5) is 62.4. The number of nitrogens with one attached hydrogen (secondary N) is 4. The van der Waals surface area contributed by atoms with Crippen LogP contribution >= 0.6 is 0 Å². The van der Waals surface area contributed by atoms with Gasteiger partial charge in [-0.05, 0) is 43.9 Å². The molecule has 0 radical (unpaired) electrons. The summed E-state index contributed by atoms with van der Waals surface area (Å²) in [7, 11) is 0. The van der Waals surface area contributed by atoms with Crippen molar-refractivity contribution in [3.8, 4) is 5.75 Å². The molecule has 10 N–H and O–H groups in total. The molecule has 14 nitrogen and oxygen atoms in total. The molecule has 0 aromatic heterocycles. The lowest BCUT2D eigenvalue weighted by Crippen LogP contribution is -2.61. The second-order valence-corrected chi connectivity index (χ2v) is 9.71. The van der Waals surface area contributed by atoms with Crippen molar-refractivity contribution in [2.45, 2.75) is 76.8 Å². The Bertz CT molecular complexity index is 1000. The van der Waals surface area contributed by atoms with Crippen molar-refractivity contribution >= 4 is 29.6 Å². The van der Waals surface area contributed by atoms with Gasteiger partial charge in [0.15, 0.2) is 0 Å². The van der Waals surface area contributed by atoms with Gasteiger partial charge in [0.05, 0.1) is 12.7 Å². The van der Waals surface area contributed by atoms with Gasteiger partial charge < -0.3 is 47.4 Å². The molecule has 0 saturated carbocycles. The van der Waals surface area contributed by atoms with E-state index in [2.05, 4.69) is 21.3 Å². The maximum absolute atomic E-state index is 13.2. The van der Waals surface area contributed by atoms with Gasteiger partial charge >= 0.3 is 5.97 Å². The highest BCUT2D eigenvalue weighted by Crippen LogP contribution is 2.12. The molecule has 1 aromatic rings. The fraction of sp³-hybridized carbons (Fsp3) is 0.560. The van der Waals surface area contributed by atoms with Crippen molar-refractivity contribution in [3.05, 3.63) is 29.8 Å². The molecule has 1 rings (SSSR count). The van der Waals surface area contributed by atoms with Gasteiger partial charge in [-0.15, -0.1) is 0 Å². The van der Waals surface area contributed by atoms with Crippen LogP contribution in [0.2, 0.25) is 0 Å². The third-order valence-electron chi connectivity index (χ3n) is 5.67. The minimum absolute atomic E-state index is 0.0188. The second-order valence-electron chi connectivity index (χ2n) is 9.71. The number of hydrogen-bond donors (Lipinski definition) is 9. The van der Waals surface area contributed by atoms with E-state index in [0.717, 1.165) is 0 Å². The number of aliphatic hydroxyl groups excluding tert-OH is 2. The number of hydrogen-bond acceptors (Lipinski definition) is 9. The van der Waals surface area contributed by atoms with Crippen molar-refractivity contribution in [3.63, 3.8) is 0 Å². The van der Waals surface area contributed by atoms with E-state index in [4.69, 9.17) is 10.8 Å². The number of phenolic OH excluding ortho intramolecular Hbond substituents is 1.